The maximum absolute atomic E-state index is 13.1. The highest BCUT2D eigenvalue weighted by Crippen LogP contribution is 2.18. The van der Waals surface area contributed by atoms with Gasteiger partial charge < -0.3 is 0 Å². The monoisotopic (exact) mass is 374 g/mol. The van der Waals surface area contributed by atoms with Gasteiger partial charge in [0.05, 0.1) is 4.90 Å². The SMILES string of the molecule is O=C(CS(=O)(=O)c1ccc(F)c(F)c1)c1cccc(Br)c1. The Labute approximate surface area is 128 Å². The lowest BCUT2D eigenvalue weighted by Crippen LogP contribution is -2.16. The number of benzene rings is 2. The largest absolute Gasteiger partial charge is 0.293 e. The van der Waals surface area contributed by atoms with Crippen LogP contribution in [0.2, 0.25) is 0 Å². The van der Waals surface area contributed by atoms with Crippen LogP contribution in [0, 0.1) is 11.6 Å². The molecule has 0 aliphatic heterocycles. The van der Waals surface area contributed by atoms with Crippen LogP contribution < -0.4 is 0 Å². The Bertz CT molecular complexity index is 804. The second-order valence-corrected chi connectivity index (χ2v) is 7.17. The minimum atomic E-state index is -4.03. The summed E-state index contributed by atoms with van der Waals surface area (Å²) in [4.78, 5) is 11.5. The van der Waals surface area contributed by atoms with Crippen molar-refractivity contribution < 1.29 is 22.0 Å². The van der Waals surface area contributed by atoms with Crippen molar-refractivity contribution in [2.24, 2.45) is 0 Å². The van der Waals surface area contributed by atoms with E-state index in [0.29, 0.717) is 16.6 Å². The third-order valence-electron chi connectivity index (χ3n) is 2.72. The highest BCUT2D eigenvalue weighted by atomic mass is 79.9. The number of carbonyl (C=O) groups is 1. The van der Waals surface area contributed by atoms with E-state index in [4.69, 9.17) is 0 Å². The first-order valence-corrected chi connectivity index (χ1v) is 8.21. The Morgan fingerprint density at radius 3 is 2.38 bits per heavy atom. The maximum Gasteiger partial charge on any atom is 0.185 e. The zero-order valence-electron chi connectivity index (χ0n) is 10.5. The van der Waals surface area contributed by atoms with Gasteiger partial charge in [0, 0.05) is 10.0 Å². The second kappa shape index (κ2) is 6.03. The molecule has 0 aliphatic carbocycles. The van der Waals surface area contributed by atoms with E-state index in [-0.39, 0.29) is 5.56 Å². The van der Waals surface area contributed by atoms with Crippen molar-refractivity contribution in [3.8, 4) is 0 Å². The fourth-order valence-corrected chi connectivity index (χ4v) is 3.31. The average Bonchev–Trinajstić information content (AvgIpc) is 2.41. The molecule has 2 rings (SSSR count). The molecular formula is C14H9BrF2O3S. The summed E-state index contributed by atoms with van der Waals surface area (Å²) in [6, 6.07) is 8.48. The van der Waals surface area contributed by atoms with E-state index in [1.807, 2.05) is 0 Å². The van der Waals surface area contributed by atoms with Crippen molar-refractivity contribution in [1.82, 2.24) is 0 Å². The molecule has 0 saturated heterocycles. The van der Waals surface area contributed by atoms with E-state index in [0.717, 1.165) is 6.07 Å². The first-order valence-electron chi connectivity index (χ1n) is 5.76. The fourth-order valence-electron chi connectivity index (χ4n) is 1.67. The molecule has 0 fully saturated rings. The molecule has 0 saturated carbocycles. The number of hydrogen-bond donors (Lipinski definition) is 0. The van der Waals surface area contributed by atoms with Gasteiger partial charge >= 0.3 is 0 Å². The summed E-state index contributed by atoms with van der Waals surface area (Å²) in [5, 5.41) is 0. The van der Waals surface area contributed by atoms with Gasteiger partial charge in [0.2, 0.25) is 0 Å². The van der Waals surface area contributed by atoms with Gasteiger partial charge in [-0.3, -0.25) is 4.79 Å². The predicted molar refractivity (Wildman–Crippen MR) is 76.9 cm³/mol. The van der Waals surface area contributed by atoms with Gasteiger partial charge in [0.15, 0.2) is 27.3 Å². The topological polar surface area (TPSA) is 51.2 Å². The number of hydrogen-bond acceptors (Lipinski definition) is 3. The van der Waals surface area contributed by atoms with Crippen molar-refractivity contribution in [1.29, 1.82) is 0 Å². The van der Waals surface area contributed by atoms with Gasteiger partial charge in [0.1, 0.15) is 5.75 Å². The molecular weight excluding hydrogens is 366 g/mol. The van der Waals surface area contributed by atoms with E-state index in [1.165, 1.54) is 12.1 Å². The van der Waals surface area contributed by atoms with Crippen molar-refractivity contribution in [3.05, 3.63) is 64.1 Å². The van der Waals surface area contributed by atoms with Crippen LogP contribution in [0.15, 0.2) is 51.8 Å². The lowest BCUT2D eigenvalue weighted by molar-refractivity contribution is 0.102. The molecule has 3 nitrogen and oxygen atoms in total. The summed E-state index contributed by atoms with van der Waals surface area (Å²) in [7, 11) is -4.03. The third-order valence-corrected chi connectivity index (χ3v) is 4.83. The number of sulfone groups is 1. The summed E-state index contributed by atoms with van der Waals surface area (Å²) >= 11 is 3.18. The van der Waals surface area contributed by atoms with Gasteiger partial charge in [0.25, 0.3) is 0 Å². The van der Waals surface area contributed by atoms with Crippen LogP contribution in [0.3, 0.4) is 0 Å². The summed E-state index contributed by atoms with van der Waals surface area (Å²) in [5.41, 5.74) is 0.218. The maximum atomic E-state index is 13.1. The molecule has 0 heterocycles. The average molecular weight is 375 g/mol. The van der Waals surface area contributed by atoms with Crippen molar-refractivity contribution in [2.45, 2.75) is 4.90 Å². The quantitative estimate of drug-likeness (QED) is 0.608. The predicted octanol–water partition coefficient (Wildman–Crippen LogP) is 3.38. The molecule has 0 amide bonds. The molecule has 0 aromatic heterocycles. The standard InChI is InChI=1S/C14H9BrF2O3S/c15-10-3-1-2-9(6-10)14(18)8-21(19,20)11-4-5-12(16)13(17)7-11/h1-7H,8H2. The highest BCUT2D eigenvalue weighted by Gasteiger charge is 2.21. The Kier molecular flexibility index (Phi) is 4.53. The molecule has 0 radical (unpaired) electrons. The van der Waals surface area contributed by atoms with Crippen molar-refractivity contribution in [3.63, 3.8) is 0 Å². The number of ketones is 1. The van der Waals surface area contributed by atoms with Gasteiger partial charge in [-0.1, -0.05) is 28.1 Å². The Hall–Kier alpha value is -1.60. The zero-order valence-corrected chi connectivity index (χ0v) is 12.9. The number of rotatable bonds is 4. The Morgan fingerprint density at radius 1 is 1.05 bits per heavy atom. The van der Waals surface area contributed by atoms with E-state index in [9.17, 15) is 22.0 Å². The first-order chi connectivity index (χ1) is 9.79. The molecule has 2 aromatic carbocycles. The molecule has 0 N–H and O–H groups in total. The van der Waals surface area contributed by atoms with Crippen molar-refractivity contribution in [2.75, 3.05) is 5.75 Å². The lowest BCUT2D eigenvalue weighted by Gasteiger charge is -2.05. The minimum absolute atomic E-state index is 0.218. The minimum Gasteiger partial charge on any atom is -0.293 e. The summed E-state index contributed by atoms with van der Waals surface area (Å²) in [5.74, 6) is -3.85. The van der Waals surface area contributed by atoms with Crippen LogP contribution in [-0.2, 0) is 9.84 Å². The fraction of sp³-hybridized carbons (Fsp3) is 0.0714. The van der Waals surface area contributed by atoms with E-state index in [1.54, 1.807) is 12.1 Å². The molecule has 0 aliphatic rings. The zero-order chi connectivity index (χ0) is 15.6. The third kappa shape index (κ3) is 3.74. The van der Waals surface area contributed by atoms with Crippen LogP contribution in [0.1, 0.15) is 10.4 Å². The molecule has 7 heteroatoms. The van der Waals surface area contributed by atoms with Gasteiger partial charge in [-0.15, -0.1) is 0 Å². The second-order valence-electron chi connectivity index (χ2n) is 4.27. The van der Waals surface area contributed by atoms with Crippen LogP contribution >= 0.6 is 15.9 Å². The molecule has 0 bridgehead atoms. The normalized spacial score (nSPS) is 11.4. The van der Waals surface area contributed by atoms with Crippen molar-refractivity contribution >= 4 is 31.6 Å². The Morgan fingerprint density at radius 2 is 1.76 bits per heavy atom. The van der Waals surface area contributed by atoms with Crippen LogP contribution in [0.25, 0.3) is 0 Å². The van der Waals surface area contributed by atoms with E-state index >= 15 is 0 Å². The molecule has 0 atom stereocenters. The van der Waals surface area contributed by atoms with E-state index < -0.39 is 37.9 Å². The molecule has 21 heavy (non-hydrogen) atoms. The van der Waals surface area contributed by atoms with Gasteiger partial charge in [-0.2, -0.15) is 0 Å². The number of halogens is 3. The van der Waals surface area contributed by atoms with Gasteiger partial charge in [-0.05, 0) is 30.3 Å². The summed E-state index contributed by atoms with van der Waals surface area (Å²) in [6.07, 6.45) is 0. The van der Waals surface area contributed by atoms with Crippen LogP contribution in [-0.4, -0.2) is 20.0 Å². The Balaban J connectivity index is 2.29. The molecule has 0 spiro atoms. The summed E-state index contributed by atoms with van der Waals surface area (Å²) in [6.45, 7) is 0. The van der Waals surface area contributed by atoms with Gasteiger partial charge in [-0.25, -0.2) is 17.2 Å². The van der Waals surface area contributed by atoms with Crippen LogP contribution in [0.5, 0.6) is 0 Å². The molecule has 2 aromatic rings. The smallest absolute Gasteiger partial charge is 0.185 e. The highest BCUT2D eigenvalue weighted by molar-refractivity contribution is 9.10. The van der Waals surface area contributed by atoms with Crippen LogP contribution in [0.4, 0.5) is 8.78 Å². The first kappa shape index (κ1) is 15.8. The number of carbonyl (C=O) groups excluding carboxylic acids is 1. The summed E-state index contributed by atoms with van der Waals surface area (Å²) < 4.78 is 50.6. The molecule has 0 unspecified atom stereocenters. The van der Waals surface area contributed by atoms with E-state index in [2.05, 4.69) is 15.9 Å². The lowest BCUT2D eigenvalue weighted by atomic mass is 10.2. The number of Topliss-reactive ketones (excluding diaryl/α,β-unsaturated/α-hetero) is 1. The molecule has 110 valence electrons.